The van der Waals surface area contributed by atoms with Gasteiger partial charge in [-0.05, 0) is 67.8 Å². The first-order valence-electron chi connectivity index (χ1n) is 13.2. The van der Waals surface area contributed by atoms with E-state index in [0.717, 1.165) is 11.2 Å². The quantitative estimate of drug-likeness (QED) is 0.210. The predicted octanol–water partition coefficient (Wildman–Crippen LogP) is 9.60. The minimum absolute atomic E-state index is 0.454. The molecule has 2 aliphatic carbocycles. The molecule has 0 aliphatic heterocycles. The smallest absolute Gasteiger partial charge is 0.136 e. The van der Waals surface area contributed by atoms with Crippen LogP contribution in [-0.4, -0.2) is 0 Å². The fourth-order valence-corrected chi connectivity index (χ4v) is 7.35. The lowest BCUT2D eigenvalue weighted by atomic mass is 9.66. The Labute approximate surface area is 220 Å². The predicted molar refractivity (Wildman–Crippen MR) is 155 cm³/mol. The molecule has 1 heteroatoms. The third kappa shape index (κ3) is 2.29. The van der Waals surface area contributed by atoms with Gasteiger partial charge < -0.3 is 4.42 Å². The summed E-state index contributed by atoms with van der Waals surface area (Å²) < 4.78 is 6.38. The van der Waals surface area contributed by atoms with Crippen LogP contribution in [0.5, 0.6) is 0 Å². The van der Waals surface area contributed by atoms with E-state index in [1.165, 1.54) is 66.4 Å². The molecular formula is C37H22O. The van der Waals surface area contributed by atoms with Crippen molar-refractivity contribution in [1.82, 2.24) is 0 Å². The maximum atomic E-state index is 6.38. The van der Waals surface area contributed by atoms with E-state index < -0.39 is 5.41 Å². The van der Waals surface area contributed by atoms with Gasteiger partial charge >= 0.3 is 0 Å². The van der Waals surface area contributed by atoms with Gasteiger partial charge in [0.15, 0.2) is 0 Å². The molecule has 0 saturated heterocycles. The first-order chi connectivity index (χ1) is 18.9. The molecule has 0 atom stereocenters. The summed E-state index contributed by atoms with van der Waals surface area (Å²) in [6.45, 7) is 0. The second-order valence-electron chi connectivity index (χ2n) is 10.4. The zero-order valence-corrected chi connectivity index (χ0v) is 20.6. The lowest BCUT2D eigenvalue weighted by Crippen LogP contribution is -2.29. The summed E-state index contributed by atoms with van der Waals surface area (Å²) in [4.78, 5) is 0. The van der Waals surface area contributed by atoms with Crippen molar-refractivity contribution in [3.63, 3.8) is 0 Å². The highest BCUT2D eigenvalue weighted by Crippen LogP contribution is 2.62. The van der Waals surface area contributed by atoms with Crippen LogP contribution in [0.2, 0.25) is 0 Å². The van der Waals surface area contributed by atoms with Crippen molar-refractivity contribution in [3.05, 3.63) is 156 Å². The van der Waals surface area contributed by atoms with Crippen LogP contribution in [0.25, 0.3) is 55.3 Å². The molecule has 0 fully saturated rings. The number of benzene rings is 6. The molecule has 1 heterocycles. The normalized spacial score (nSPS) is 14.0. The van der Waals surface area contributed by atoms with Crippen molar-refractivity contribution in [2.24, 2.45) is 0 Å². The van der Waals surface area contributed by atoms with E-state index >= 15 is 0 Å². The van der Waals surface area contributed by atoms with Crippen LogP contribution in [0.15, 0.2) is 138 Å². The lowest BCUT2D eigenvalue weighted by molar-refractivity contribution is 0.668. The van der Waals surface area contributed by atoms with E-state index in [9.17, 15) is 0 Å². The summed E-state index contributed by atoms with van der Waals surface area (Å²) in [5.74, 6) is 0. The third-order valence-corrected chi connectivity index (χ3v) is 8.72. The standard InChI is InChI=1S/C37H22O/c1-2-12-24-23(11-1)25-13-3-7-17-29(25)37(30-18-8-4-14-26(24)30)31-19-9-5-15-27(31)35-32(37)21-22-34-36(35)28-16-6-10-20-33(28)38-34/h1-22H. The van der Waals surface area contributed by atoms with Gasteiger partial charge in [-0.3, -0.25) is 0 Å². The first kappa shape index (κ1) is 20.2. The van der Waals surface area contributed by atoms with Gasteiger partial charge in [0.25, 0.3) is 0 Å². The highest BCUT2D eigenvalue weighted by Gasteiger charge is 2.50. The molecule has 1 aromatic heterocycles. The Morgan fingerprint density at radius 3 is 1.53 bits per heavy atom. The zero-order valence-electron chi connectivity index (χ0n) is 20.6. The van der Waals surface area contributed by atoms with Crippen molar-refractivity contribution in [1.29, 1.82) is 0 Å². The van der Waals surface area contributed by atoms with Gasteiger partial charge in [-0.15, -0.1) is 0 Å². The number of furan rings is 1. The van der Waals surface area contributed by atoms with E-state index in [2.05, 4.69) is 133 Å². The Kier molecular flexibility index (Phi) is 3.78. The van der Waals surface area contributed by atoms with Crippen LogP contribution in [0.4, 0.5) is 0 Å². The number of para-hydroxylation sites is 1. The van der Waals surface area contributed by atoms with Gasteiger partial charge in [0.1, 0.15) is 11.2 Å². The van der Waals surface area contributed by atoms with E-state index in [1.807, 2.05) is 0 Å². The summed E-state index contributed by atoms with van der Waals surface area (Å²) in [5.41, 5.74) is 14.5. The number of rotatable bonds is 0. The molecule has 0 N–H and O–H groups in total. The number of hydrogen-bond donors (Lipinski definition) is 0. The monoisotopic (exact) mass is 482 g/mol. The van der Waals surface area contributed by atoms with E-state index in [-0.39, 0.29) is 0 Å². The molecular weight excluding hydrogens is 460 g/mol. The molecule has 0 amide bonds. The molecule has 176 valence electrons. The minimum Gasteiger partial charge on any atom is -0.456 e. The van der Waals surface area contributed by atoms with Gasteiger partial charge in [-0.1, -0.05) is 121 Å². The highest BCUT2D eigenvalue weighted by molar-refractivity contribution is 6.16. The molecule has 0 unspecified atom stereocenters. The third-order valence-electron chi connectivity index (χ3n) is 8.72. The molecule has 1 nitrogen and oxygen atoms in total. The van der Waals surface area contributed by atoms with Crippen LogP contribution in [0.1, 0.15) is 22.3 Å². The Bertz CT molecular complexity index is 2020. The largest absolute Gasteiger partial charge is 0.456 e. The lowest BCUT2D eigenvalue weighted by Gasteiger charge is -2.35. The maximum Gasteiger partial charge on any atom is 0.136 e. The number of hydrogen-bond acceptors (Lipinski definition) is 1. The zero-order chi connectivity index (χ0) is 24.8. The van der Waals surface area contributed by atoms with E-state index in [0.29, 0.717) is 0 Å². The van der Waals surface area contributed by atoms with Gasteiger partial charge in [-0.25, -0.2) is 0 Å². The summed E-state index contributed by atoms with van der Waals surface area (Å²) in [7, 11) is 0. The molecule has 9 rings (SSSR count). The van der Waals surface area contributed by atoms with Crippen LogP contribution >= 0.6 is 0 Å². The molecule has 7 aromatic rings. The van der Waals surface area contributed by atoms with Crippen LogP contribution in [-0.2, 0) is 5.41 Å². The molecule has 2 aliphatic rings. The Balaban J connectivity index is 1.56. The Morgan fingerprint density at radius 2 is 0.868 bits per heavy atom. The second kappa shape index (κ2) is 7.12. The molecule has 1 spiro atoms. The van der Waals surface area contributed by atoms with Gasteiger partial charge in [-0.2, -0.15) is 0 Å². The first-order valence-corrected chi connectivity index (χ1v) is 13.2. The fourth-order valence-electron chi connectivity index (χ4n) is 7.35. The van der Waals surface area contributed by atoms with E-state index in [1.54, 1.807) is 0 Å². The fraction of sp³-hybridized carbons (Fsp3) is 0.0270. The van der Waals surface area contributed by atoms with Gasteiger partial charge in [0.2, 0.25) is 0 Å². The highest BCUT2D eigenvalue weighted by atomic mass is 16.3. The summed E-state index contributed by atoms with van der Waals surface area (Å²) >= 11 is 0. The van der Waals surface area contributed by atoms with Crippen LogP contribution in [0, 0.1) is 0 Å². The van der Waals surface area contributed by atoms with Crippen LogP contribution < -0.4 is 0 Å². The van der Waals surface area contributed by atoms with E-state index in [4.69, 9.17) is 4.42 Å². The Morgan fingerprint density at radius 1 is 0.368 bits per heavy atom. The topological polar surface area (TPSA) is 13.1 Å². The average molecular weight is 483 g/mol. The summed E-state index contributed by atoms with van der Waals surface area (Å²) in [5, 5.41) is 2.38. The average Bonchev–Trinajstić information content (AvgIpc) is 3.47. The SMILES string of the molecule is c1ccc2c(c1)-c1ccccc1C1(c3ccccc3-2)c2ccccc2-c2c1ccc1oc3ccccc3c21. The second-order valence-corrected chi connectivity index (χ2v) is 10.4. The summed E-state index contributed by atoms with van der Waals surface area (Å²) in [6, 6.07) is 48.9. The molecule has 0 saturated carbocycles. The van der Waals surface area contributed by atoms with Crippen LogP contribution in [0.3, 0.4) is 0 Å². The molecule has 38 heavy (non-hydrogen) atoms. The minimum atomic E-state index is -0.454. The van der Waals surface area contributed by atoms with Gasteiger partial charge in [0.05, 0.1) is 5.41 Å². The van der Waals surface area contributed by atoms with Crippen molar-refractivity contribution < 1.29 is 4.42 Å². The molecule has 0 bridgehead atoms. The van der Waals surface area contributed by atoms with Crippen molar-refractivity contribution >= 4 is 21.9 Å². The van der Waals surface area contributed by atoms with Crippen molar-refractivity contribution in [3.8, 4) is 33.4 Å². The Hall–Kier alpha value is -4.88. The maximum absolute atomic E-state index is 6.38. The molecule has 0 radical (unpaired) electrons. The van der Waals surface area contributed by atoms with Crippen molar-refractivity contribution in [2.45, 2.75) is 5.41 Å². The van der Waals surface area contributed by atoms with Gasteiger partial charge in [0, 0.05) is 10.8 Å². The summed E-state index contributed by atoms with van der Waals surface area (Å²) in [6.07, 6.45) is 0. The van der Waals surface area contributed by atoms with Crippen molar-refractivity contribution in [2.75, 3.05) is 0 Å². The number of fused-ring (bicyclic) bond motifs is 16. The molecule has 6 aromatic carbocycles.